The molecule has 0 radical (unpaired) electrons. The van der Waals surface area contributed by atoms with Gasteiger partial charge in [-0.2, -0.15) is 0 Å². The van der Waals surface area contributed by atoms with Crippen LogP contribution in [0.3, 0.4) is 0 Å². The highest BCUT2D eigenvalue weighted by Crippen LogP contribution is 2.12. The molecular weight excluding hydrogens is 250 g/mol. The molecule has 0 aromatic carbocycles. The van der Waals surface area contributed by atoms with Gasteiger partial charge in [-0.05, 0) is 48.0 Å². The molecule has 0 rings (SSSR count). The van der Waals surface area contributed by atoms with Gasteiger partial charge in [-0.3, -0.25) is 9.59 Å². The molecule has 1 unspecified atom stereocenters. The van der Waals surface area contributed by atoms with Crippen molar-refractivity contribution in [1.82, 2.24) is 0 Å². The third-order valence-corrected chi connectivity index (χ3v) is 1.79. The van der Waals surface area contributed by atoms with Crippen molar-refractivity contribution in [2.75, 3.05) is 0 Å². The lowest BCUT2D eigenvalue weighted by atomic mass is 10.1. The van der Waals surface area contributed by atoms with Crippen LogP contribution < -0.4 is 5.73 Å². The highest BCUT2D eigenvalue weighted by atomic mass is 16.6. The summed E-state index contributed by atoms with van der Waals surface area (Å²) in [6.07, 6.45) is 0.335. The number of esters is 2. The number of carbonyl (C=O) groups is 2. The van der Waals surface area contributed by atoms with Gasteiger partial charge in [0.15, 0.2) is 0 Å². The van der Waals surface area contributed by atoms with Crippen LogP contribution in [0.1, 0.15) is 54.4 Å². The minimum absolute atomic E-state index is 0. The van der Waals surface area contributed by atoms with E-state index in [1.54, 1.807) is 41.5 Å². The van der Waals surface area contributed by atoms with Crippen LogP contribution in [0.5, 0.6) is 0 Å². The summed E-state index contributed by atoms with van der Waals surface area (Å²) in [4.78, 5) is 23.0. The van der Waals surface area contributed by atoms with Crippen LogP contribution in [0.2, 0.25) is 0 Å². The Kier molecular flexibility index (Phi) is 7.91. The topological polar surface area (TPSA) is 110 Å². The van der Waals surface area contributed by atoms with Crippen LogP contribution >= 0.6 is 0 Å². The summed E-state index contributed by atoms with van der Waals surface area (Å²) >= 11 is 0. The number of hydrogen-bond acceptors (Lipinski definition) is 5. The van der Waals surface area contributed by atoms with Crippen molar-refractivity contribution >= 4 is 11.9 Å². The zero-order chi connectivity index (χ0) is 14.6. The molecule has 0 aliphatic heterocycles. The van der Waals surface area contributed by atoms with E-state index in [9.17, 15) is 9.59 Å². The molecule has 4 N–H and O–H groups in total. The summed E-state index contributed by atoms with van der Waals surface area (Å²) in [7, 11) is 0. The van der Waals surface area contributed by atoms with Gasteiger partial charge in [0.1, 0.15) is 17.2 Å². The molecule has 1 atom stereocenters. The molecule has 0 fully saturated rings. The van der Waals surface area contributed by atoms with Gasteiger partial charge in [-0.25, -0.2) is 0 Å². The van der Waals surface area contributed by atoms with E-state index in [2.05, 4.69) is 0 Å². The average Bonchev–Trinajstić information content (AvgIpc) is 2.08. The Morgan fingerprint density at radius 2 is 1.42 bits per heavy atom. The second kappa shape index (κ2) is 7.45. The highest BCUT2D eigenvalue weighted by Gasteiger charge is 2.24. The number of hydrogen-bond donors (Lipinski definition) is 1. The molecule has 0 saturated heterocycles. The van der Waals surface area contributed by atoms with Crippen molar-refractivity contribution < 1.29 is 24.5 Å². The average molecular weight is 277 g/mol. The maximum Gasteiger partial charge on any atom is 0.323 e. The van der Waals surface area contributed by atoms with Crippen molar-refractivity contribution in [3.8, 4) is 0 Å². The molecule has 0 aliphatic carbocycles. The summed E-state index contributed by atoms with van der Waals surface area (Å²) in [6, 6.07) is -0.795. The van der Waals surface area contributed by atoms with Gasteiger partial charge in [-0.1, -0.05) is 0 Å². The van der Waals surface area contributed by atoms with Crippen molar-refractivity contribution in [2.45, 2.75) is 71.6 Å². The number of rotatable bonds is 4. The third kappa shape index (κ3) is 11.7. The quantitative estimate of drug-likeness (QED) is 0.769. The zero-order valence-electron chi connectivity index (χ0n) is 12.7. The predicted molar refractivity (Wildman–Crippen MR) is 72.5 cm³/mol. The Morgan fingerprint density at radius 1 is 1.00 bits per heavy atom. The Labute approximate surface area is 114 Å². The minimum atomic E-state index is -0.795. The second-order valence-corrected chi connectivity index (χ2v) is 6.27. The standard InChI is InChI=1S/C13H25NO4.H2O/c1-12(2,3)17-10(15)8-7-9(14)11(16)18-13(4,5)6;/h9H,7-8,14H2,1-6H3;1H2. The van der Waals surface area contributed by atoms with Crippen LogP contribution in [-0.2, 0) is 19.1 Å². The fourth-order valence-corrected chi connectivity index (χ4v) is 1.16. The van der Waals surface area contributed by atoms with Crippen LogP contribution in [0.15, 0.2) is 0 Å². The summed E-state index contributed by atoms with van der Waals surface area (Å²) in [5.74, 6) is -0.854. The molecule has 0 amide bonds. The van der Waals surface area contributed by atoms with Gasteiger partial charge >= 0.3 is 11.9 Å². The van der Waals surface area contributed by atoms with E-state index < -0.39 is 23.2 Å². The Bertz CT molecular complexity index is 301. The Hall–Kier alpha value is -1.14. The zero-order valence-corrected chi connectivity index (χ0v) is 12.7. The largest absolute Gasteiger partial charge is 0.460 e. The van der Waals surface area contributed by atoms with Crippen LogP contribution in [0.25, 0.3) is 0 Å². The maximum absolute atomic E-state index is 11.6. The molecule has 114 valence electrons. The van der Waals surface area contributed by atoms with E-state index in [-0.39, 0.29) is 24.3 Å². The summed E-state index contributed by atoms with van der Waals surface area (Å²) in [5, 5.41) is 0. The monoisotopic (exact) mass is 277 g/mol. The molecule has 0 heterocycles. The first-order valence-corrected chi connectivity index (χ1v) is 6.11. The van der Waals surface area contributed by atoms with Gasteiger partial charge in [0, 0.05) is 6.42 Å². The molecule has 0 saturated carbocycles. The van der Waals surface area contributed by atoms with Gasteiger partial charge in [-0.15, -0.1) is 0 Å². The first-order valence-electron chi connectivity index (χ1n) is 6.11. The summed E-state index contributed by atoms with van der Waals surface area (Å²) < 4.78 is 10.2. The minimum Gasteiger partial charge on any atom is -0.460 e. The van der Waals surface area contributed by atoms with Crippen molar-refractivity contribution in [1.29, 1.82) is 0 Å². The van der Waals surface area contributed by atoms with E-state index in [0.717, 1.165) is 0 Å². The molecular formula is C13H27NO5. The second-order valence-electron chi connectivity index (χ2n) is 6.27. The molecule has 0 aromatic heterocycles. The van der Waals surface area contributed by atoms with Gasteiger partial charge in [0.25, 0.3) is 0 Å². The van der Waals surface area contributed by atoms with Crippen molar-refractivity contribution in [3.63, 3.8) is 0 Å². The third-order valence-electron chi connectivity index (χ3n) is 1.79. The van der Waals surface area contributed by atoms with Crippen LogP contribution in [-0.4, -0.2) is 34.7 Å². The first-order chi connectivity index (χ1) is 7.91. The molecule has 6 nitrogen and oxygen atoms in total. The van der Waals surface area contributed by atoms with Gasteiger partial charge in [0.2, 0.25) is 0 Å². The van der Waals surface area contributed by atoms with Crippen molar-refractivity contribution in [2.24, 2.45) is 5.73 Å². The van der Waals surface area contributed by atoms with Crippen LogP contribution in [0.4, 0.5) is 0 Å². The van der Waals surface area contributed by atoms with E-state index in [0.29, 0.717) is 0 Å². The van der Waals surface area contributed by atoms with E-state index >= 15 is 0 Å². The van der Waals surface area contributed by atoms with Crippen LogP contribution in [0, 0.1) is 0 Å². The fraction of sp³-hybridized carbons (Fsp3) is 0.846. The molecule has 19 heavy (non-hydrogen) atoms. The van der Waals surface area contributed by atoms with Gasteiger partial charge < -0.3 is 20.7 Å². The lowest BCUT2D eigenvalue weighted by Crippen LogP contribution is -2.38. The van der Waals surface area contributed by atoms with E-state index in [1.807, 2.05) is 0 Å². The SMILES string of the molecule is CC(C)(C)OC(=O)CCC(N)C(=O)OC(C)(C)C.O. The Balaban J connectivity index is 0. The lowest BCUT2D eigenvalue weighted by Gasteiger charge is -2.22. The fourth-order valence-electron chi connectivity index (χ4n) is 1.16. The normalized spacial score (nSPS) is 13.2. The Morgan fingerprint density at radius 3 is 1.79 bits per heavy atom. The summed E-state index contributed by atoms with van der Waals surface area (Å²) in [5.41, 5.74) is 4.56. The van der Waals surface area contributed by atoms with Crippen molar-refractivity contribution in [3.05, 3.63) is 0 Å². The van der Waals surface area contributed by atoms with E-state index in [4.69, 9.17) is 15.2 Å². The lowest BCUT2D eigenvalue weighted by molar-refractivity contribution is -0.157. The number of ether oxygens (including phenoxy) is 2. The maximum atomic E-state index is 11.6. The molecule has 0 spiro atoms. The molecule has 0 aliphatic rings. The smallest absolute Gasteiger partial charge is 0.323 e. The molecule has 0 bridgehead atoms. The number of carbonyl (C=O) groups excluding carboxylic acids is 2. The molecule has 0 aromatic rings. The summed E-state index contributed by atoms with van der Waals surface area (Å²) in [6.45, 7) is 10.7. The first kappa shape index (κ1) is 20.2. The van der Waals surface area contributed by atoms with Gasteiger partial charge in [0.05, 0.1) is 0 Å². The van der Waals surface area contributed by atoms with E-state index in [1.165, 1.54) is 0 Å². The number of nitrogens with two attached hydrogens (primary N) is 1. The predicted octanol–water partition coefficient (Wildman–Crippen LogP) is 0.953. The molecule has 6 heteroatoms. The highest BCUT2D eigenvalue weighted by molar-refractivity contribution is 5.77.